The van der Waals surface area contributed by atoms with Crippen LogP contribution in [0, 0.1) is 0 Å². The Labute approximate surface area is 47.8 Å². The van der Waals surface area contributed by atoms with Crippen LogP contribution in [0.1, 0.15) is 19.3 Å². The maximum absolute atomic E-state index is 5.51. The third-order valence-corrected chi connectivity index (χ3v) is 2.43. The van der Waals surface area contributed by atoms with Gasteiger partial charge in [-0.1, -0.05) is 0 Å². The van der Waals surface area contributed by atoms with Crippen LogP contribution in [0.25, 0.3) is 0 Å². The van der Waals surface area contributed by atoms with Gasteiger partial charge >= 0.3 is 0 Å². The molecule has 0 N–H and O–H groups in total. The average Bonchev–Trinajstić information content (AvgIpc) is 2.13. The third kappa shape index (κ3) is 0.250. The minimum absolute atomic E-state index is 0.0231. The molecule has 0 radical (unpaired) electrons. The van der Waals surface area contributed by atoms with E-state index in [1.54, 1.807) is 0 Å². The molecular weight excluding hydrogens is 104 g/mol. The first-order chi connectivity index (χ1) is 3.89. The van der Waals surface area contributed by atoms with Crippen molar-refractivity contribution >= 4 is 0 Å². The van der Waals surface area contributed by atoms with E-state index >= 15 is 0 Å². The fourth-order valence-electron chi connectivity index (χ4n) is 1.92. The van der Waals surface area contributed by atoms with Gasteiger partial charge in [0, 0.05) is 12.8 Å². The molecule has 2 bridgehead atoms. The lowest BCUT2D eigenvalue weighted by Crippen LogP contribution is -2.06. The number of rotatable bonds is 0. The van der Waals surface area contributed by atoms with E-state index in [0.29, 0.717) is 12.2 Å². The number of ether oxygens (including phenoxy) is 2. The Morgan fingerprint density at radius 1 is 1.38 bits per heavy atom. The molecule has 44 valence electrons. The lowest BCUT2D eigenvalue weighted by atomic mass is 10.0. The van der Waals surface area contributed by atoms with Crippen LogP contribution in [0.3, 0.4) is 0 Å². The van der Waals surface area contributed by atoms with Crippen molar-refractivity contribution < 1.29 is 9.47 Å². The van der Waals surface area contributed by atoms with Crippen molar-refractivity contribution in [1.29, 1.82) is 0 Å². The lowest BCUT2D eigenvalue weighted by Gasteiger charge is -2.00. The van der Waals surface area contributed by atoms with Crippen molar-refractivity contribution in [3.05, 3.63) is 0 Å². The quantitative estimate of drug-likeness (QED) is 0.429. The molecule has 1 spiro atoms. The molecule has 2 nitrogen and oxygen atoms in total. The van der Waals surface area contributed by atoms with E-state index in [9.17, 15) is 0 Å². The highest BCUT2D eigenvalue weighted by Crippen LogP contribution is 2.57. The molecule has 3 saturated heterocycles. The molecule has 3 heterocycles. The van der Waals surface area contributed by atoms with E-state index in [4.69, 9.17) is 9.47 Å². The Hall–Kier alpha value is -0.0800. The SMILES string of the molecule is C1C[C@@]23OC1C[C@H]2O3. The molecule has 0 amide bonds. The molecule has 3 aliphatic heterocycles. The van der Waals surface area contributed by atoms with Crippen molar-refractivity contribution in [3.63, 3.8) is 0 Å². The number of epoxide rings is 1. The van der Waals surface area contributed by atoms with Gasteiger partial charge in [0.2, 0.25) is 0 Å². The Kier molecular flexibility index (Phi) is 0.408. The van der Waals surface area contributed by atoms with Gasteiger partial charge in [-0.2, -0.15) is 0 Å². The van der Waals surface area contributed by atoms with Crippen LogP contribution in [-0.2, 0) is 9.47 Å². The fourth-order valence-corrected chi connectivity index (χ4v) is 1.92. The van der Waals surface area contributed by atoms with Gasteiger partial charge in [0.1, 0.15) is 6.10 Å². The summed E-state index contributed by atoms with van der Waals surface area (Å²) in [6.45, 7) is 0. The second-order valence-electron chi connectivity index (χ2n) is 2.93. The van der Waals surface area contributed by atoms with E-state index < -0.39 is 0 Å². The number of fused-ring (bicyclic) bond motifs is 1. The van der Waals surface area contributed by atoms with E-state index in [2.05, 4.69) is 0 Å². The monoisotopic (exact) mass is 112 g/mol. The summed E-state index contributed by atoms with van der Waals surface area (Å²) >= 11 is 0. The van der Waals surface area contributed by atoms with Gasteiger partial charge in [-0.15, -0.1) is 0 Å². The molecule has 2 heteroatoms. The second-order valence-corrected chi connectivity index (χ2v) is 2.93. The van der Waals surface area contributed by atoms with Crippen LogP contribution < -0.4 is 0 Å². The molecule has 0 saturated carbocycles. The molecule has 0 aromatic rings. The molecule has 3 fully saturated rings. The van der Waals surface area contributed by atoms with Gasteiger partial charge in [-0.05, 0) is 6.42 Å². The molecule has 0 aromatic carbocycles. The smallest absolute Gasteiger partial charge is 0.195 e. The van der Waals surface area contributed by atoms with Crippen LogP contribution >= 0.6 is 0 Å². The predicted molar refractivity (Wildman–Crippen MR) is 26.3 cm³/mol. The summed E-state index contributed by atoms with van der Waals surface area (Å²) < 4.78 is 10.8. The Bertz CT molecular complexity index is 143. The molecule has 3 aliphatic rings. The fraction of sp³-hybridized carbons (Fsp3) is 1.00. The third-order valence-electron chi connectivity index (χ3n) is 2.43. The highest BCUT2D eigenvalue weighted by Gasteiger charge is 2.68. The zero-order chi connectivity index (χ0) is 5.19. The summed E-state index contributed by atoms with van der Waals surface area (Å²) in [5.41, 5.74) is 0. The van der Waals surface area contributed by atoms with Crippen LogP contribution in [0.5, 0.6) is 0 Å². The summed E-state index contributed by atoms with van der Waals surface area (Å²) in [6, 6.07) is 0. The summed E-state index contributed by atoms with van der Waals surface area (Å²) in [5.74, 6) is -0.0231. The molecule has 0 aliphatic carbocycles. The Balaban J connectivity index is 2.07. The van der Waals surface area contributed by atoms with Gasteiger partial charge in [-0.25, -0.2) is 0 Å². The second kappa shape index (κ2) is 0.847. The van der Waals surface area contributed by atoms with Crippen molar-refractivity contribution in [2.24, 2.45) is 0 Å². The van der Waals surface area contributed by atoms with Crippen molar-refractivity contribution in [2.45, 2.75) is 37.3 Å². The number of hydrogen-bond donors (Lipinski definition) is 0. The minimum Gasteiger partial charge on any atom is -0.344 e. The standard InChI is InChI=1S/C6H8O2/c1-2-6-5(8-6)3-4(1)7-6/h4-5H,1-3H2/t4?,5-,6+/m1/s1. The van der Waals surface area contributed by atoms with Gasteiger partial charge in [0.15, 0.2) is 5.79 Å². The van der Waals surface area contributed by atoms with Gasteiger partial charge in [0.25, 0.3) is 0 Å². The normalized spacial score (nSPS) is 66.0. The van der Waals surface area contributed by atoms with Crippen LogP contribution in [0.15, 0.2) is 0 Å². The average molecular weight is 112 g/mol. The van der Waals surface area contributed by atoms with Crippen LogP contribution in [0.2, 0.25) is 0 Å². The maximum atomic E-state index is 5.51. The molecule has 3 rings (SSSR count). The summed E-state index contributed by atoms with van der Waals surface area (Å²) in [4.78, 5) is 0. The van der Waals surface area contributed by atoms with E-state index in [0.717, 1.165) is 6.42 Å². The first-order valence-electron chi connectivity index (χ1n) is 3.25. The zero-order valence-corrected chi connectivity index (χ0v) is 4.59. The van der Waals surface area contributed by atoms with Crippen LogP contribution in [0.4, 0.5) is 0 Å². The zero-order valence-electron chi connectivity index (χ0n) is 4.59. The van der Waals surface area contributed by atoms with Crippen LogP contribution in [-0.4, -0.2) is 18.0 Å². The first kappa shape index (κ1) is 3.85. The lowest BCUT2D eigenvalue weighted by molar-refractivity contribution is -0.0347. The maximum Gasteiger partial charge on any atom is 0.195 e. The molecule has 8 heavy (non-hydrogen) atoms. The first-order valence-corrected chi connectivity index (χ1v) is 3.25. The summed E-state index contributed by atoms with van der Waals surface area (Å²) in [5, 5.41) is 0. The van der Waals surface area contributed by atoms with E-state index in [-0.39, 0.29) is 5.79 Å². The molecule has 3 atom stereocenters. The highest BCUT2D eigenvalue weighted by molar-refractivity contribution is 5.07. The van der Waals surface area contributed by atoms with Gasteiger partial charge in [0.05, 0.1) is 6.10 Å². The van der Waals surface area contributed by atoms with E-state index in [1.807, 2.05) is 0 Å². The topological polar surface area (TPSA) is 21.8 Å². The van der Waals surface area contributed by atoms with E-state index in [1.165, 1.54) is 12.8 Å². The van der Waals surface area contributed by atoms with Crippen molar-refractivity contribution in [2.75, 3.05) is 0 Å². The van der Waals surface area contributed by atoms with Crippen molar-refractivity contribution in [3.8, 4) is 0 Å². The van der Waals surface area contributed by atoms with Gasteiger partial charge in [-0.3, -0.25) is 0 Å². The Morgan fingerprint density at radius 3 is 2.75 bits per heavy atom. The van der Waals surface area contributed by atoms with Crippen molar-refractivity contribution in [1.82, 2.24) is 0 Å². The Morgan fingerprint density at radius 2 is 2.38 bits per heavy atom. The summed E-state index contributed by atoms with van der Waals surface area (Å²) in [6.07, 6.45) is 4.62. The predicted octanol–water partition coefficient (Wildman–Crippen LogP) is 0.664. The minimum atomic E-state index is -0.0231. The molecular formula is C6H8O2. The number of hydrogen-bond acceptors (Lipinski definition) is 2. The molecule has 0 aromatic heterocycles. The largest absolute Gasteiger partial charge is 0.344 e. The highest BCUT2D eigenvalue weighted by atomic mass is 16.8. The molecule has 1 unspecified atom stereocenters. The summed E-state index contributed by atoms with van der Waals surface area (Å²) in [7, 11) is 0. The van der Waals surface area contributed by atoms with Gasteiger partial charge < -0.3 is 9.47 Å².